The van der Waals surface area contributed by atoms with Crippen LogP contribution in [0.2, 0.25) is 0 Å². The number of nitrogens with zero attached hydrogens (tertiary/aromatic N) is 1. The predicted molar refractivity (Wildman–Crippen MR) is 66.9 cm³/mol. The van der Waals surface area contributed by atoms with Crippen LogP contribution in [0.25, 0.3) is 0 Å². The zero-order chi connectivity index (χ0) is 14.7. The topological polar surface area (TPSA) is 69.6 Å². The second-order valence-corrected chi connectivity index (χ2v) is 4.52. The standard InChI is InChI=1S/C13H14F2N2O3/c14-9-1-2-11(10(15)6-9)17-7-8(5-12(17)19)13(20)16-3-4-18/h1-2,6,8,18H,3-5,7H2,(H,16,20). The number of aliphatic hydroxyl groups is 1. The fraction of sp³-hybridized carbons (Fsp3) is 0.385. The molecule has 0 aromatic heterocycles. The van der Waals surface area contributed by atoms with Gasteiger partial charge in [-0.3, -0.25) is 9.59 Å². The predicted octanol–water partition coefficient (Wildman–Crippen LogP) is 0.426. The molecule has 2 rings (SSSR count). The normalized spacial score (nSPS) is 18.4. The van der Waals surface area contributed by atoms with Crippen LogP contribution in [-0.2, 0) is 9.59 Å². The van der Waals surface area contributed by atoms with Crippen molar-refractivity contribution in [3.63, 3.8) is 0 Å². The minimum absolute atomic E-state index is 0.0335. The third kappa shape index (κ3) is 2.93. The summed E-state index contributed by atoms with van der Waals surface area (Å²) in [6.45, 7) is -0.0458. The van der Waals surface area contributed by atoms with Gasteiger partial charge in [-0.05, 0) is 12.1 Å². The van der Waals surface area contributed by atoms with Gasteiger partial charge in [0, 0.05) is 25.6 Å². The highest BCUT2D eigenvalue weighted by Gasteiger charge is 2.36. The number of rotatable bonds is 4. The summed E-state index contributed by atoms with van der Waals surface area (Å²) >= 11 is 0. The van der Waals surface area contributed by atoms with Crippen molar-refractivity contribution in [1.29, 1.82) is 0 Å². The van der Waals surface area contributed by atoms with Crippen molar-refractivity contribution in [2.45, 2.75) is 6.42 Å². The van der Waals surface area contributed by atoms with Crippen molar-refractivity contribution < 1.29 is 23.5 Å². The van der Waals surface area contributed by atoms with Crippen LogP contribution >= 0.6 is 0 Å². The fourth-order valence-corrected chi connectivity index (χ4v) is 2.14. The highest BCUT2D eigenvalue weighted by molar-refractivity contribution is 6.00. The van der Waals surface area contributed by atoms with Crippen LogP contribution in [0.3, 0.4) is 0 Å². The average molecular weight is 284 g/mol. The summed E-state index contributed by atoms with van der Waals surface area (Å²) in [4.78, 5) is 24.7. The van der Waals surface area contributed by atoms with E-state index in [2.05, 4.69) is 5.32 Å². The van der Waals surface area contributed by atoms with E-state index >= 15 is 0 Å². The minimum Gasteiger partial charge on any atom is -0.395 e. The van der Waals surface area contributed by atoms with E-state index < -0.39 is 17.6 Å². The maximum absolute atomic E-state index is 13.6. The molecule has 0 saturated carbocycles. The van der Waals surface area contributed by atoms with Gasteiger partial charge >= 0.3 is 0 Å². The Morgan fingerprint density at radius 1 is 1.45 bits per heavy atom. The maximum atomic E-state index is 13.6. The zero-order valence-electron chi connectivity index (χ0n) is 10.6. The summed E-state index contributed by atoms with van der Waals surface area (Å²) in [5.74, 6) is -2.92. The molecule has 2 amide bonds. The van der Waals surface area contributed by atoms with E-state index in [0.29, 0.717) is 6.07 Å². The molecular formula is C13H14F2N2O3. The van der Waals surface area contributed by atoms with Gasteiger partial charge in [0.15, 0.2) is 0 Å². The minimum atomic E-state index is -0.838. The third-order valence-electron chi connectivity index (χ3n) is 3.11. The molecule has 1 aromatic carbocycles. The molecule has 0 spiro atoms. The molecule has 108 valence electrons. The van der Waals surface area contributed by atoms with Gasteiger partial charge in [-0.15, -0.1) is 0 Å². The highest BCUT2D eigenvalue weighted by Crippen LogP contribution is 2.27. The summed E-state index contributed by atoms with van der Waals surface area (Å²) in [6.07, 6.45) is -0.0337. The molecule has 1 saturated heterocycles. The lowest BCUT2D eigenvalue weighted by Gasteiger charge is -2.17. The van der Waals surface area contributed by atoms with E-state index in [1.54, 1.807) is 0 Å². The van der Waals surface area contributed by atoms with Gasteiger partial charge in [-0.25, -0.2) is 8.78 Å². The fourth-order valence-electron chi connectivity index (χ4n) is 2.14. The van der Waals surface area contributed by atoms with Crippen LogP contribution < -0.4 is 10.2 Å². The Bertz CT molecular complexity index is 536. The highest BCUT2D eigenvalue weighted by atomic mass is 19.1. The van der Waals surface area contributed by atoms with Gasteiger partial charge in [0.25, 0.3) is 0 Å². The van der Waals surface area contributed by atoms with Crippen molar-refractivity contribution >= 4 is 17.5 Å². The molecule has 1 aliphatic heterocycles. The van der Waals surface area contributed by atoms with E-state index in [0.717, 1.165) is 11.0 Å². The number of nitrogens with one attached hydrogen (secondary N) is 1. The second kappa shape index (κ2) is 5.96. The Balaban J connectivity index is 2.11. The molecule has 0 aliphatic carbocycles. The van der Waals surface area contributed by atoms with Crippen LogP contribution in [0.1, 0.15) is 6.42 Å². The molecule has 1 atom stereocenters. The Morgan fingerprint density at radius 3 is 2.85 bits per heavy atom. The van der Waals surface area contributed by atoms with Crippen molar-refractivity contribution in [1.82, 2.24) is 5.32 Å². The average Bonchev–Trinajstić information content (AvgIpc) is 2.78. The summed E-state index contributed by atoms with van der Waals surface area (Å²) in [6, 6.07) is 2.93. The van der Waals surface area contributed by atoms with E-state index in [1.165, 1.54) is 6.07 Å². The van der Waals surface area contributed by atoms with Crippen molar-refractivity contribution in [2.75, 3.05) is 24.6 Å². The lowest BCUT2D eigenvalue weighted by atomic mass is 10.1. The Labute approximate surface area is 114 Å². The molecule has 1 aromatic rings. The zero-order valence-corrected chi connectivity index (χ0v) is 10.6. The van der Waals surface area contributed by atoms with Crippen LogP contribution in [0.4, 0.5) is 14.5 Å². The first-order valence-corrected chi connectivity index (χ1v) is 6.17. The summed E-state index contributed by atoms with van der Waals surface area (Å²) in [5.41, 5.74) is -0.0335. The summed E-state index contributed by atoms with van der Waals surface area (Å²) in [7, 11) is 0. The number of carbonyl (C=O) groups excluding carboxylic acids is 2. The number of amides is 2. The first-order chi connectivity index (χ1) is 9.52. The molecule has 0 radical (unpaired) electrons. The molecule has 1 unspecified atom stereocenters. The van der Waals surface area contributed by atoms with Crippen molar-refractivity contribution in [3.05, 3.63) is 29.8 Å². The van der Waals surface area contributed by atoms with Gasteiger partial charge in [0.1, 0.15) is 11.6 Å². The van der Waals surface area contributed by atoms with Crippen LogP contribution in [0.15, 0.2) is 18.2 Å². The van der Waals surface area contributed by atoms with Gasteiger partial charge in [0.05, 0.1) is 18.2 Å². The number of benzene rings is 1. The van der Waals surface area contributed by atoms with E-state index in [4.69, 9.17) is 5.11 Å². The largest absolute Gasteiger partial charge is 0.395 e. The molecule has 2 N–H and O–H groups in total. The number of hydrogen-bond donors (Lipinski definition) is 2. The summed E-state index contributed by atoms with van der Waals surface area (Å²) in [5, 5.41) is 11.1. The van der Waals surface area contributed by atoms with Gasteiger partial charge in [-0.1, -0.05) is 0 Å². The van der Waals surface area contributed by atoms with Crippen molar-refractivity contribution in [2.24, 2.45) is 5.92 Å². The van der Waals surface area contributed by atoms with E-state index in [-0.39, 0.29) is 43.6 Å². The Kier molecular flexibility index (Phi) is 4.29. The Hall–Kier alpha value is -2.02. The molecular weight excluding hydrogens is 270 g/mol. The smallest absolute Gasteiger partial charge is 0.227 e. The lowest BCUT2D eigenvalue weighted by Crippen LogP contribution is -2.34. The maximum Gasteiger partial charge on any atom is 0.227 e. The number of aliphatic hydroxyl groups excluding tert-OH is 1. The third-order valence-corrected chi connectivity index (χ3v) is 3.11. The molecule has 1 heterocycles. The van der Waals surface area contributed by atoms with E-state index in [9.17, 15) is 18.4 Å². The lowest BCUT2D eigenvalue weighted by molar-refractivity contribution is -0.126. The van der Waals surface area contributed by atoms with Gasteiger partial charge in [0.2, 0.25) is 11.8 Å². The second-order valence-electron chi connectivity index (χ2n) is 4.52. The van der Waals surface area contributed by atoms with Crippen LogP contribution in [-0.4, -0.2) is 36.6 Å². The van der Waals surface area contributed by atoms with Gasteiger partial charge < -0.3 is 15.3 Å². The number of carbonyl (C=O) groups is 2. The first-order valence-electron chi connectivity index (χ1n) is 6.17. The molecule has 0 bridgehead atoms. The monoisotopic (exact) mass is 284 g/mol. The Morgan fingerprint density at radius 2 is 2.20 bits per heavy atom. The van der Waals surface area contributed by atoms with Gasteiger partial charge in [-0.2, -0.15) is 0 Å². The number of anilines is 1. The molecule has 7 heteroatoms. The summed E-state index contributed by atoms with van der Waals surface area (Å²) < 4.78 is 26.5. The first kappa shape index (κ1) is 14.4. The SMILES string of the molecule is O=C(NCCO)C1CC(=O)N(c2ccc(F)cc2F)C1. The molecule has 1 fully saturated rings. The number of hydrogen-bond acceptors (Lipinski definition) is 3. The van der Waals surface area contributed by atoms with Crippen molar-refractivity contribution in [3.8, 4) is 0 Å². The van der Waals surface area contributed by atoms with E-state index in [1.807, 2.05) is 0 Å². The molecule has 1 aliphatic rings. The molecule has 5 nitrogen and oxygen atoms in total. The quantitative estimate of drug-likeness (QED) is 0.842. The van der Waals surface area contributed by atoms with Crippen LogP contribution in [0.5, 0.6) is 0 Å². The molecule has 20 heavy (non-hydrogen) atoms. The number of halogens is 2. The van der Waals surface area contributed by atoms with Crippen LogP contribution in [0, 0.1) is 17.6 Å².